The van der Waals surface area contributed by atoms with Crippen molar-refractivity contribution in [2.75, 3.05) is 6.61 Å². The second-order valence-corrected chi connectivity index (χ2v) is 7.89. The number of hydrogen-bond acceptors (Lipinski definition) is 5. The Hall–Kier alpha value is -0.700. The Kier molecular flexibility index (Phi) is 13.2. The molecule has 0 aromatic carbocycles. The molecule has 0 aliphatic carbocycles. The Morgan fingerprint density at radius 2 is 1.17 bits per heavy atom. The summed E-state index contributed by atoms with van der Waals surface area (Å²) in [6.45, 7) is -0.169. The summed E-state index contributed by atoms with van der Waals surface area (Å²) in [7, 11) is -4.51. The van der Waals surface area contributed by atoms with Gasteiger partial charge in [-0.25, -0.2) is 0 Å². The molecule has 8 heteroatoms. The number of unbranched alkanes of at least 4 members (excludes halogenated alkanes) is 9. The summed E-state index contributed by atoms with van der Waals surface area (Å²) in [5.74, 6) is -1.50. The van der Waals surface area contributed by atoms with Crippen LogP contribution in [0.2, 0.25) is 0 Å². The van der Waals surface area contributed by atoms with Crippen molar-refractivity contribution in [3.05, 3.63) is 0 Å². The molecule has 0 radical (unpaired) electrons. The van der Waals surface area contributed by atoms with Gasteiger partial charge in [-0.2, -0.15) is 8.42 Å². The first kappa shape index (κ1) is 23.3. The molecule has 0 spiro atoms. The molecular weight excluding hydrogens is 336 g/mol. The molecule has 24 heavy (non-hydrogen) atoms. The topological polar surface area (TPSA) is 132 Å². The minimum absolute atomic E-state index is 0.0478. The van der Waals surface area contributed by atoms with Crippen LogP contribution < -0.4 is 0 Å². The van der Waals surface area contributed by atoms with Crippen LogP contribution in [0.15, 0.2) is 0 Å². The van der Waals surface area contributed by atoms with Gasteiger partial charge in [-0.15, -0.1) is 0 Å². The third-order valence-electron chi connectivity index (χ3n) is 4.10. The zero-order chi connectivity index (χ0) is 18.4. The van der Waals surface area contributed by atoms with Crippen molar-refractivity contribution in [3.8, 4) is 0 Å². The first-order valence-corrected chi connectivity index (χ1v) is 10.3. The highest BCUT2D eigenvalue weighted by Gasteiger charge is 2.29. The number of aliphatic hydroxyl groups is 2. The largest absolute Gasteiger partial charge is 0.480 e. The van der Waals surface area contributed by atoms with E-state index in [4.69, 9.17) is 14.8 Å². The van der Waals surface area contributed by atoms with Crippen LogP contribution in [0.3, 0.4) is 0 Å². The number of rotatable bonds is 16. The van der Waals surface area contributed by atoms with Crippen molar-refractivity contribution in [2.24, 2.45) is 0 Å². The molecule has 0 rings (SSSR count). The van der Waals surface area contributed by atoms with Crippen molar-refractivity contribution in [1.82, 2.24) is 0 Å². The SMILES string of the molecule is O=C(O)C(CCCCCCCCCCCCC(O)CO)S(=O)(=O)O. The molecule has 0 amide bonds. The maximum Gasteiger partial charge on any atom is 0.324 e. The van der Waals surface area contributed by atoms with Crippen molar-refractivity contribution >= 4 is 16.1 Å². The molecule has 0 saturated carbocycles. The number of carboxylic acid groups (broad SMARTS) is 1. The van der Waals surface area contributed by atoms with Gasteiger partial charge in [0.05, 0.1) is 12.7 Å². The van der Waals surface area contributed by atoms with Crippen LogP contribution in [0.1, 0.15) is 77.0 Å². The second kappa shape index (κ2) is 13.6. The Bertz CT molecular complexity index is 422. The summed E-state index contributed by atoms with van der Waals surface area (Å²) in [4.78, 5) is 10.7. The van der Waals surface area contributed by atoms with Gasteiger partial charge in [-0.3, -0.25) is 9.35 Å². The molecule has 0 aliphatic rings. The molecule has 144 valence electrons. The highest BCUT2D eigenvalue weighted by atomic mass is 32.2. The summed E-state index contributed by atoms with van der Waals surface area (Å²) < 4.78 is 30.6. The Balaban J connectivity index is 3.44. The standard InChI is InChI=1S/C16H32O7S/c17-13-14(18)11-9-7-5-3-1-2-4-6-8-10-12-15(16(19)20)24(21,22)23/h14-15,17-18H,1-13H2,(H,19,20)(H,21,22,23). The van der Waals surface area contributed by atoms with E-state index in [0.717, 1.165) is 57.8 Å². The number of aliphatic hydroxyl groups excluding tert-OH is 2. The average molecular weight is 368 g/mol. The minimum atomic E-state index is -4.51. The third-order valence-corrected chi connectivity index (χ3v) is 5.26. The van der Waals surface area contributed by atoms with E-state index >= 15 is 0 Å². The second-order valence-electron chi connectivity index (χ2n) is 6.29. The van der Waals surface area contributed by atoms with Crippen LogP contribution in [0, 0.1) is 0 Å². The zero-order valence-corrected chi connectivity index (χ0v) is 15.1. The van der Waals surface area contributed by atoms with E-state index in [2.05, 4.69) is 0 Å². The summed E-state index contributed by atoms with van der Waals surface area (Å²) >= 11 is 0. The molecular formula is C16H32O7S. The van der Waals surface area contributed by atoms with Gasteiger partial charge < -0.3 is 15.3 Å². The molecule has 0 aromatic rings. The summed E-state index contributed by atoms with van der Waals surface area (Å²) in [6.07, 6.45) is 9.69. The lowest BCUT2D eigenvalue weighted by atomic mass is 10.0. The van der Waals surface area contributed by atoms with E-state index in [-0.39, 0.29) is 13.0 Å². The number of hydrogen-bond donors (Lipinski definition) is 4. The smallest absolute Gasteiger partial charge is 0.324 e. The lowest BCUT2D eigenvalue weighted by molar-refractivity contribution is -0.136. The van der Waals surface area contributed by atoms with E-state index in [0.29, 0.717) is 12.8 Å². The Morgan fingerprint density at radius 3 is 1.50 bits per heavy atom. The van der Waals surface area contributed by atoms with Gasteiger partial charge in [-0.05, 0) is 12.8 Å². The predicted octanol–water partition coefficient (Wildman–Crippen LogP) is 2.36. The van der Waals surface area contributed by atoms with Gasteiger partial charge in [0.15, 0.2) is 5.25 Å². The van der Waals surface area contributed by atoms with Gasteiger partial charge in [0.2, 0.25) is 0 Å². The first-order chi connectivity index (χ1) is 11.3. The average Bonchev–Trinajstić information content (AvgIpc) is 2.49. The van der Waals surface area contributed by atoms with E-state index in [1.54, 1.807) is 0 Å². The van der Waals surface area contributed by atoms with E-state index in [1.807, 2.05) is 0 Å². The molecule has 4 N–H and O–H groups in total. The molecule has 0 fully saturated rings. The summed E-state index contributed by atoms with van der Waals surface area (Å²) in [5, 5.41) is 24.9. The van der Waals surface area contributed by atoms with Crippen molar-refractivity contribution < 1.29 is 33.1 Å². The Morgan fingerprint density at radius 1 is 0.792 bits per heavy atom. The van der Waals surface area contributed by atoms with Gasteiger partial charge in [0, 0.05) is 0 Å². The van der Waals surface area contributed by atoms with Crippen LogP contribution in [0.25, 0.3) is 0 Å². The Labute approximate surface area is 144 Å². The maximum absolute atomic E-state index is 10.9. The lowest BCUT2D eigenvalue weighted by Gasteiger charge is -2.08. The maximum atomic E-state index is 10.9. The zero-order valence-electron chi connectivity index (χ0n) is 14.3. The number of carboxylic acids is 1. The fraction of sp³-hybridized carbons (Fsp3) is 0.938. The van der Waals surface area contributed by atoms with E-state index in [1.165, 1.54) is 0 Å². The van der Waals surface area contributed by atoms with Crippen LogP contribution in [-0.2, 0) is 14.9 Å². The molecule has 7 nitrogen and oxygen atoms in total. The number of carbonyl (C=O) groups is 1. The summed E-state index contributed by atoms with van der Waals surface area (Å²) in [5.41, 5.74) is 0. The quantitative estimate of drug-likeness (QED) is 0.243. The van der Waals surface area contributed by atoms with Crippen molar-refractivity contribution in [2.45, 2.75) is 88.4 Å². The third kappa shape index (κ3) is 12.7. The van der Waals surface area contributed by atoms with Gasteiger partial charge in [-0.1, -0.05) is 64.2 Å². The van der Waals surface area contributed by atoms with Crippen molar-refractivity contribution in [3.63, 3.8) is 0 Å². The van der Waals surface area contributed by atoms with Crippen LogP contribution in [0.4, 0.5) is 0 Å². The van der Waals surface area contributed by atoms with E-state index < -0.39 is 27.4 Å². The van der Waals surface area contributed by atoms with Gasteiger partial charge in [0.1, 0.15) is 0 Å². The number of aliphatic carboxylic acids is 1. The highest BCUT2D eigenvalue weighted by molar-refractivity contribution is 7.87. The summed E-state index contributed by atoms with van der Waals surface area (Å²) in [6, 6.07) is 0. The van der Waals surface area contributed by atoms with Gasteiger partial charge >= 0.3 is 5.97 Å². The molecule has 0 heterocycles. The molecule has 0 aliphatic heterocycles. The minimum Gasteiger partial charge on any atom is -0.480 e. The lowest BCUT2D eigenvalue weighted by Crippen LogP contribution is -2.29. The first-order valence-electron chi connectivity index (χ1n) is 8.77. The highest BCUT2D eigenvalue weighted by Crippen LogP contribution is 2.15. The molecule has 0 aromatic heterocycles. The normalized spacial score (nSPS) is 14.5. The molecule has 2 unspecified atom stereocenters. The van der Waals surface area contributed by atoms with Gasteiger partial charge in [0.25, 0.3) is 10.1 Å². The molecule has 2 atom stereocenters. The molecule has 0 bridgehead atoms. The predicted molar refractivity (Wildman–Crippen MR) is 91.5 cm³/mol. The fourth-order valence-electron chi connectivity index (χ4n) is 2.62. The fourth-order valence-corrected chi connectivity index (χ4v) is 3.33. The van der Waals surface area contributed by atoms with E-state index in [9.17, 15) is 18.3 Å². The van der Waals surface area contributed by atoms with Crippen LogP contribution in [0.5, 0.6) is 0 Å². The monoisotopic (exact) mass is 368 g/mol. The molecule has 0 saturated heterocycles. The van der Waals surface area contributed by atoms with Crippen LogP contribution in [-0.4, -0.2) is 52.2 Å². The van der Waals surface area contributed by atoms with Crippen molar-refractivity contribution in [1.29, 1.82) is 0 Å². The van der Waals surface area contributed by atoms with Crippen LogP contribution >= 0.6 is 0 Å².